The van der Waals surface area contributed by atoms with Gasteiger partial charge in [-0.3, -0.25) is 4.79 Å². The molecule has 1 aliphatic heterocycles. The molecule has 1 fully saturated rings. The van der Waals surface area contributed by atoms with Crippen molar-refractivity contribution in [3.8, 4) is 5.75 Å². The van der Waals surface area contributed by atoms with Gasteiger partial charge in [0.1, 0.15) is 17.6 Å². The van der Waals surface area contributed by atoms with Crippen LogP contribution in [0.1, 0.15) is 24.2 Å². The van der Waals surface area contributed by atoms with Crippen LogP contribution >= 0.6 is 11.8 Å². The topological polar surface area (TPSA) is 59.8 Å². The van der Waals surface area contributed by atoms with Crippen LogP contribution in [-0.4, -0.2) is 36.3 Å². The number of aryl methyl sites for hydroxylation is 2. The zero-order valence-electron chi connectivity index (χ0n) is 15.1. The fraction of sp³-hybridized carbons (Fsp3) is 0.400. The van der Waals surface area contributed by atoms with Gasteiger partial charge in [0.2, 0.25) is 5.91 Å². The SMILES string of the molecule is CSc1ccc(CCC(=O)N2CCC(Oc3cc(C)oc(=O)c3)C2)cc1. The van der Waals surface area contributed by atoms with Crippen molar-refractivity contribution in [1.82, 2.24) is 4.90 Å². The van der Waals surface area contributed by atoms with Gasteiger partial charge in [-0.25, -0.2) is 4.79 Å². The van der Waals surface area contributed by atoms with Crippen LogP contribution in [0.25, 0.3) is 0 Å². The molecule has 1 aromatic heterocycles. The Morgan fingerprint density at radius 3 is 2.77 bits per heavy atom. The second-order valence-corrected chi connectivity index (χ2v) is 7.32. The molecule has 1 atom stereocenters. The third-order valence-electron chi connectivity index (χ3n) is 4.45. The van der Waals surface area contributed by atoms with E-state index in [1.165, 1.54) is 16.5 Å². The van der Waals surface area contributed by atoms with E-state index < -0.39 is 5.63 Å². The van der Waals surface area contributed by atoms with E-state index in [0.29, 0.717) is 31.0 Å². The van der Waals surface area contributed by atoms with Gasteiger partial charge in [0.15, 0.2) is 0 Å². The normalized spacial score (nSPS) is 16.7. The summed E-state index contributed by atoms with van der Waals surface area (Å²) in [5.74, 6) is 1.17. The quantitative estimate of drug-likeness (QED) is 0.727. The summed E-state index contributed by atoms with van der Waals surface area (Å²) in [6.45, 7) is 2.96. The Hall–Kier alpha value is -2.21. The monoisotopic (exact) mass is 373 g/mol. The lowest BCUT2D eigenvalue weighted by molar-refractivity contribution is -0.130. The van der Waals surface area contributed by atoms with E-state index in [1.807, 2.05) is 11.2 Å². The fourth-order valence-electron chi connectivity index (χ4n) is 3.09. The van der Waals surface area contributed by atoms with E-state index in [4.69, 9.17) is 9.15 Å². The minimum absolute atomic E-state index is 0.0824. The average molecular weight is 373 g/mol. The number of carbonyl (C=O) groups is 1. The Bertz CT molecular complexity index is 815. The van der Waals surface area contributed by atoms with E-state index in [2.05, 4.69) is 24.3 Å². The third-order valence-corrected chi connectivity index (χ3v) is 5.20. The first-order valence-corrected chi connectivity index (χ1v) is 9.95. The highest BCUT2D eigenvalue weighted by molar-refractivity contribution is 7.98. The number of carbonyl (C=O) groups excluding carboxylic acids is 1. The first kappa shape index (κ1) is 18.6. The standard InChI is InChI=1S/C20H23NO4S/c1-14-11-17(12-20(23)24-14)25-16-9-10-21(13-16)19(22)8-5-15-3-6-18(26-2)7-4-15/h3-4,6-7,11-12,16H,5,8-10,13H2,1-2H3. The highest BCUT2D eigenvalue weighted by Crippen LogP contribution is 2.20. The molecule has 138 valence electrons. The van der Waals surface area contributed by atoms with Crippen molar-refractivity contribution in [2.24, 2.45) is 0 Å². The summed E-state index contributed by atoms with van der Waals surface area (Å²) in [6.07, 6.45) is 3.98. The fourth-order valence-corrected chi connectivity index (χ4v) is 3.50. The van der Waals surface area contributed by atoms with Gasteiger partial charge in [0.25, 0.3) is 0 Å². The van der Waals surface area contributed by atoms with Gasteiger partial charge >= 0.3 is 5.63 Å². The number of hydrogen-bond acceptors (Lipinski definition) is 5. The first-order valence-electron chi connectivity index (χ1n) is 8.72. The molecule has 0 spiro atoms. The molecular formula is C20H23NO4S. The Labute approximate surface area is 157 Å². The summed E-state index contributed by atoms with van der Waals surface area (Å²) in [6, 6.07) is 11.4. The highest BCUT2D eigenvalue weighted by Gasteiger charge is 2.27. The molecule has 5 nitrogen and oxygen atoms in total. The Kier molecular flexibility index (Phi) is 6.04. The molecule has 0 saturated carbocycles. The minimum Gasteiger partial charge on any atom is -0.488 e. The van der Waals surface area contributed by atoms with Gasteiger partial charge in [-0.2, -0.15) is 0 Å². The van der Waals surface area contributed by atoms with Gasteiger partial charge < -0.3 is 14.1 Å². The number of rotatable bonds is 6. The van der Waals surface area contributed by atoms with Crippen molar-refractivity contribution in [3.63, 3.8) is 0 Å². The van der Waals surface area contributed by atoms with Crippen molar-refractivity contribution in [2.45, 2.75) is 37.2 Å². The van der Waals surface area contributed by atoms with Crippen molar-refractivity contribution in [2.75, 3.05) is 19.3 Å². The van der Waals surface area contributed by atoms with Crippen LogP contribution in [-0.2, 0) is 11.2 Å². The number of nitrogens with zero attached hydrogens (tertiary/aromatic N) is 1. The predicted octanol–water partition coefficient (Wildman–Crippen LogP) is 3.28. The molecule has 1 aliphatic rings. The number of ether oxygens (including phenoxy) is 1. The Morgan fingerprint density at radius 2 is 2.08 bits per heavy atom. The molecular weight excluding hydrogens is 350 g/mol. The number of amides is 1. The summed E-state index contributed by atoms with van der Waals surface area (Å²) in [7, 11) is 0. The second kappa shape index (κ2) is 8.45. The molecule has 0 aliphatic carbocycles. The molecule has 2 aromatic rings. The molecule has 6 heteroatoms. The maximum atomic E-state index is 12.4. The average Bonchev–Trinajstić information content (AvgIpc) is 3.07. The molecule has 0 radical (unpaired) electrons. The molecule has 1 aromatic carbocycles. The number of hydrogen-bond donors (Lipinski definition) is 0. The van der Waals surface area contributed by atoms with E-state index in [9.17, 15) is 9.59 Å². The lowest BCUT2D eigenvalue weighted by Crippen LogP contribution is -2.31. The van der Waals surface area contributed by atoms with Crippen LogP contribution in [0.3, 0.4) is 0 Å². The van der Waals surface area contributed by atoms with Gasteiger partial charge in [0, 0.05) is 30.3 Å². The smallest absolute Gasteiger partial charge is 0.339 e. The summed E-state index contributed by atoms with van der Waals surface area (Å²) in [5.41, 5.74) is 0.757. The maximum absolute atomic E-state index is 12.4. The zero-order chi connectivity index (χ0) is 18.5. The summed E-state index contributed by atoms with van der Waals surface area (Å²) < 4.78 is 10.8. The van der Waals surface area contributed by atoms with Crippen molar-refractivity contribution in [3.05, 3.63) is 58.1 Å². The number of likely N-dealkylation sites (tertiary alicyclic amines) is 1. The molecule has 1 amide bonds. The summed E-state index contributed by atoms with van der Waals surface area (Å²) >= 11 is 1.71. The van der Waals surface area contributed by atoms with Crippen molar-refractivity contribution in [1.29, 1.82) is 0 Å². The van der Waals surface area contributed by atoms with E-state index >= 15 is 0 Å². The van der Waals surface area contributed by atoms with Crippen molar-refractivity contribution >= 4 is 17.7 Å². The number of benzene rings is 1. The van der Waals surface area contributed by atoms with Crippen LogP contribution in [0.5, 0.6) is 5.75 Å². The summed E-state index contributed by atoms with van der Waals surface area (Å²) in [4.78, 5) is 26.9. The molecule has 26 heavy (non-hydrogen) atoms. The second-order valence-electron chi connectivity index (χ2n) is 6.44. The Balaban J connectivity index is 1.49. The Morgan fingerprint density at radius 1 is 1.31 bits per heavy atom. The van der Waals surface area contributed by atoms with Crippen LogP contribution in [0.2, 0.25) is 0 Å². The number of thioether (sulfide) groups is 1. The van der Waals surface area contributed by atoms with Crippen LogP contribution in [0.4, 0.5) is 0 Å². The maximum Gasteiger partial charge on any atom is 0.339 e. The van der Waals surface area contributed by atoms with Gasteiger partial charge in [0.05, 0.1) is 12.6 Å². The molecule has 0 N–H and O–H groups in total. The van der Waals surface area contributed by atoms with E-state index in [1.54, 1.807) is 24.8 Å². The van der Waals surface area contributed by atoms with Gasteiger partial charge in [-0.15, -0.1) is 11.8 Å². The zero-order valence-corrected chi connectivity index (χ0v) is 15.9. The molecule has 1 saturated heterocycles. The lowest BCUT2D eigenvalue weighted by atomic mass is 10.1. The van der Waals surface area contributed by atoms with Crippen LogP contribution in [0.15, 0.2) is 50.5 Å². The highest BCUT2D eigenvalue weighted by atomic mass is 32.2. The molecule has 3 rings (SSSR count). The van der Waals surface area contributed by atoms with Gasteiger partial charge in [-0.1, -0.05) is 12.1 Å². The molecule has 1 unspecified atom stereocenters. The minimum atomic E-state index is -0.418. The van der Waals surface area contributed by atoms with Crippen LogP contribution < -0.4 is 10.4 Å². The van der Waals surface area contributed by atoms with E-state index in [-0.39, 0.29) is 12.0 Å². The van der Waals surface area contributed by atoms with Gasteiger partial charge in [-0.05, 0) is 37.3 Å². The summed E-state index contributed by atoms with van der Waals surface area (Å²) in [5, 5.41) is 0. The lowest BCUT2D eigenvalue weighted by Gasteiger charge is -2.17. The molecule has 0 bridgehead atoms. The largest absolute Gasteiger partial charge is 0.488 e. The van der Waals surface area contributed by atoms with E-state index in [0.717, 1.165) is 12.8 Å². The van der Waals surface area contributed by atoms with Crippen LogP contribution in [0, 0.1) is 6.92 Å². The predicted molar refractivity (Wildman–Crippen MR) is 102 cm³/mol. The first-order chi connectivity index (χ1) is 12.5. The third kappa shape index (κ3) is 4.91. The molecule has 2 heterocycles. The van der Waals surface area contributed by atoms with Crippen molar-refractivity contribution < 1.29 is 13.9 Å².